The van der Waals surface area contributed by atoms with E-state index in [-0.39, 0.29) is 23.4 Å². The molecule has 126 valence electrons. The third-order valence-electron chi connectivity index (χ3n) is 5.38. The number of fused-ring (bicyclic) bond motifs is 1. The average Bonchev–Trinajstić information content (AvgIpc) is 2.94. The summed E-state index contributed by atoms with van der Waals surface area (Å²) < 4.78 is 0. The molecule has 0 amide bonds. The normalized spacial score (nSPS) is 39.0. The van der Waals surface area contributed by atoms with Gasteiger partial charge in [-0.15, -0.1) is 0 Å². The maximum Gasteiger partial charge on any atom is 0.190 e. The molecular weight excluding hydrogens is 288 g/mol. The van der Waals surface area contributed by atoms with E-state index >= 15 is 0 Å². The zero-order valence-corrected chi connectivity index (χ0v) is 14.8. The highest BCUT2D eigenvalue weighted by Crippen LogP contribution is 2.61. The fourth-order valence-corrected chi connectivity index (χ4v) is 3.71. The number of Topliss-reactive ketones (excluding diaryl/α,β-unsaturated/α-hetero) is 1. The van der Waals surface area contributed by atoms with E-state index in [2.05, 4.69) is 13.8 Å². The summed E-state index contributed by atoms with van der Waals surface area (Å²) in [6.07, 6.45) is 6.29. The van der Waals surface area contributed by atoms with Crippen molar-refractivity contribution in [3.63, 3.8) is 0 Å². The van der Waals surface area contributed by atoms with E-state index in [1.807, 2.05) is 13.0 Å². The lowest BCUT2D eigenvalue weighted by Crippen LogP contribution is -2.19. The number of ketones is 2. The molecule has 0 spiro atoms. The van der Waals surface area contributed by atoms with Gasteiger partial charge in [0.15, 0.2) is 11.6 Å². The van der Waals surface area contributed by atoms with Crippen LogP contribution in [0.25, 0.3) is 0 Å². The van der Waals surface area contributed by atoms with Crippen LogP contribution in [0.15, 0.2) is 34.9 Å². The average molecular weight is 316 g/mol. The second-order valence-corrected chi connectivity index (χ2v) is 7.80. The second-order valence-electron chi connectivity index (χ2n) is 7.80. The molecule has 1 saturated carbocycles. The van der Waals surface area contributed by atoms with E-state index < -0.39 is 6.10 Å². The molecule has 2 aliphatic carbocycles. The molecule has 0 bridgehead atoms. The molecule has 2 aliphatic rings. The van der Waals surface area contributed by atoms with Gasteiger partial charge in [-0.25, -0.2) is 0 Å². The molecule has 0 aliphatic heterocycles. The molecule has 3 atom stereocenters. The molecule has 1 N–H and O–H groups in total. The lowest BCUT2D eigenvalue weighted by atomic mass is 9.99. The summed E-state index contributed by atoms with van der Waals surface area (Å²) in [5.41, 5.74) is 2.65. The van der Waals surface area contributed by atoms with Crippen molar-refractivity contribution >= 4 is 11.6 Å². The number of allylic oxidation sites excluding steroid dienone is 4. The van der Waals surface area contributed by atoms with Crippen LogP contribution >= 0.6 is 0 Å². The van der Waals surface area contributed by atoms with E-state index in [1.165, 1.54) is 6.08 Å². The first kappa shape index (κ1) is 17.9. The monoisotopic (exact) mass is 316 g/mol. The van der Waals surface area contributed by atoms with E-state index in [9.17, 15) is 14.7 Å². The van der Waals surface area contributed by atoms with Crippen LogP contribution in [0.4, 0.5) is 0 Å². The largest absolute Gasteiger partial charge is 0.381 e. The van der Waals surface area contributed by atoms with Gasteiger partial charge in [0.05, 0.1) is 0 Å². The van der Waals surface area contributed by atoms with Crippen molar-refractivity contribution in [2.24, 2.45) is 17.3 Å². The van der Waals surface area contributed by atoms with Crippen molar-refractivity contribution in [2.75, 3.05) is 0 Å². The van der Waals surface area contributed by atoms with Crippen molar-refractivity contribution in [1.82, 2.24) is 0 Å². The van der Waals surface area contributed by atoms with Crippen LogP contribution in [-0.4, -0.2) is 22.8 Å². The SMILES string of the molecule is C/C1=C/C(=O)C/C(C)=C\[C@H](O)C(=O)/C(C)=C\[C@@H]2[C@H](CC1)C2(C)C. The number of aliphatic hydroxyl groups excluding tert-OH is 1. The Bertz CT molecular complexity index is 604. The minimum absolute atomic E-state index is 0.0341. The van der Waals surface area contributed by atoms with Gasteiger partial charge in [0.1, 0.15) is 6.10 Å². The number of carbonyl (C=O) groups is 2. The van der Waals surface area contributed by atoms with Crippen LogP contribution in [0.1, 0.15) is 53.9 Å². The maximum absolute atomic E-state index is 12.3. The molecule has 3 heteroatoms. The molecule has 0 radical (unpaired) electrons. The highest BCUT2D eigenvalue weighted by Gasteiger charge is 2.55. The van der Waals surface area contributed by atoms with Gasteiger partial charge in [0, 0.05) is 6.42 Å². The van der Waals surface area contributed by atoms with E-state index in [0.717, 1.165) is 24.0 Å². The molecular formula is C20H28O3. The Kier molecular flexibility index (Phi) is 5.10. The number of carbonyl (C=O) groups excluding carboxylic acids is 2. The zero-order valence-electron chi connectivity index (χ0n) is 14.8. The topological polar surface area (TPSA) is 54.4 Å². The summed E-state index contributed by atoms with van der Waals surface area (Å²) >= 11 is 0. The van der Waals surface area contributed by atoms with Gasteiger partial charge >= 0.3 is 0 Å². The smallest absolute Gasteiger partial charge is 0.190 e. The van der Waals surface area contributed by atoms with Crippen molar-refractivity contribution in [3.8, 4) is 0 Å². The molecule has 0 aromatic carbocycles. The van der Waals surface area contributed by atoms with Crippen LogP contribution in [0, 0.1) is 17.3 Å². The fourth-order valence-electron chi connectivity index (χ4n) is 3.71. The summed E-state index contributed by atoms with van der Waals surface area (Å²) in [7, 11) is 0. The number of hydrogen-bond acceptors (Lipinski definition) is 3. The first-order chi connectivity index (χ1) is 10.6. The van der Waals surface area contributed by atoms with Crippen LogP contribution in [0.3, 0.4) is 0 Å². The fraction of sp³-hybridized carbons (Fsp3) is 0.600. The van der Waals surface area contributed by atoms with Gasteiger partial charge in [-0.2, -0.15) is 0 Å². The molecule has 3 nitrogen and oxygen atoms in total. The Morgan fingerprint density at radius 2 is 1.74 bits per heavy atom. The summed E-state index contributed by atoms with van der Waals surface area (Å²) in [6, 6.07) is 0. The second kappa shape index (κ2) is 6.56. The van der Waals surface area contributed by atoms with Crippen LogP contribution < -0.4 is 0 Å². The third-order valence-corrected chi connectivity index (χ3v) is 5.38. The quantitative estimate of drug-likeness (QED) is 0.692. The zero-order chi connectivity index (χ0) is 17.4. The van der Waals surface area contributed by atoms with Gasteiger partial charge in [-0.05, 0) is 68.6 Å². The minimum atomic E-state index is -1.16. The highest BCUT2D eigenvalue weighted by molar-refractivity contribution is 5.99. The lowest BCUT2D eigenvalue weighted by Gasteiger charge is -2.08. The van der Waals surface area contributed by atoms with Crippen LogP contribution in [-0.2, 0) is 9.59 Å². The lowest BCUT2D eigenvalue weighted by molar-refractivity contribution is -0.121. The van der Waals surface area contributed by atoms with Crippen molar-refractivity contribution in [2.45, 2.75) is 60.0 Å². The van der Waals surface area contributed by atoms with E-state index in [0.29, 0.717) is 17.4 Å². The molecule has 2 rings (SSSR count). The summed E-state index contributed by atoms with van der Waals surface area (Å²) in [5.74, 6) is 0.671. The molecule has 1 fully saturated rings. The molecule has 0 saturated heterocycles. The molecule has 0 aromatic heterocycles. The Balaban J connectivity index is 2.32. The van der Waals surface area contributed by atoms with E-state index in [1.54, 1.807) is 19.9 Å². The Hall–Kier alpha value is -1.48. The van der Waals surface area contributed by atoms with E-state index in [4.69, 9.17) is 0 Å². The number of aliphatic hydroxyl groups is 1. The first-order valence-electron chi connectivity index (χ1n) is 8.41. The van der Waals surface area contributed by atoms with Crippen LogP contribution in [0.2, 0.25) is 0 Å². The Morgan fingerprint density at radius 3 is 2.39 bits per heavy atom. The Morgan fingerprint density at radius 1 is 1.09 bits per heavy atom. The third kappa shape index (κ3) is 4.08. The predicted octanol–water partition coefficient (Wildman–Crippen LogP) is 3.78. The summed E-state index contributed by atoms with van der Waals surface area (Å²) in [4.78, 5) is 24.4. The molecule has 23 heavy (non-hydrogen) atoms. The van der Waals surface area contributed by atoms with Crippen LogP contribution in [0.5, 0.6) is 0 Å². The van der Waals surface area contributed by atoms with Crippen molar-refractivity contribution in [3.05, 3.63) is 34.9 Å². The van der Waals surface area contributed by atoms with Gasteiger partial charge in [0.2, 0.25) is 0 Å². The predicted molar refractivity (Wildman–Crippen MR) is 91.9 cm³/mol. The summed E-state index contributed by atoms with van der Waals surface area (Å²) in [5, 5.41) is 10.1. The molecule has 0 heterocycles. The standard InChI is InChI=1S/C20H28O3/c1-12-6-7-16-17(20(16,4)5)11-14(3)19(23)18(22)10-13(2)9-15(21)8-12/h8,10-11,16-18,22H,6-7,9H2,1-5H3/b12-8-,13-10-,14-11-/t16-,17+,18-/m0/s1. The van der Waals surface area contributed by atoms with Gasteiger partial charge in [-0.1, -0.05) is 31.1 Å². The Labute approximate surface area is 139 Å². The maximum atomic E-state index is 12.3. The number of hydrogen-bond donors (Lipinski definition) is 1. The van der Waals surface area contributed by atoms with Gasteiger partial charge < -0.3 is 5.11 Å². The van der Waals surface area contributed by atoms with Crippen molar-refractivity contribution < 1.29 is 14.7 Å². The number of rotatable bonds is 0. The summed E-state index contributed by atoms with van der Waals surface area (Å²) in [6.45, 7) is 10.0. The molecule has 0 aromatic rings. The minimum Gasteiger partial charge on any atom is -0.381 e. The van der Waals surface area contributed by atoms with Gasteiger partial charge in [0.25, 0.3) is 0 Å². The van der Waals surface area contributed by atoms with Crippen molar-refractivity contribution in [1.29, 1.82) is 0 Å². The highest BCUT2D eigenvalue weighted by atomic mass is 16.3. The van der Waals surface area contributed by atoms with Gasteiger partial charge in [-0.3, -0.25) is 9.59 Å². The molecule has 0 unspecified atom stereocenters. The first-order valence-corrected chi connectivity index (χ1v) is 8.41.